The zero-order valence-corrected chi connectivity index (χ0v) is 19.1. The zero-order valence-electron chi connectivity index (χ0n) is 18.4. The number of hydrogen-bond donors (Lipinski definition) is 1. The minimum absolute atomic E-state index is 0. The first kappa shape index (κ1) is 22.4. The molecule has 174 valence electrons. The van der Waals surface area contributed by atoms with E-state index in [0.29, 0.717) is 25.2 Å². The first-order valence-electron chi connectivity index (χ1n) is 11.6. The Morgan fingerprint density at radius 3 is 2.73 bits per heavy atom. The van der Waals surface area contributed by atoms with Crippen molar-refractivity contribution in [1.29, 1.82) is 0 Å². The summed E-state index contributed by atoms with van der Waals surface area (Å²) in [6, 6.07) is 13.2. The summed E-state index contributed by atoms with van der Waals surface area (Å²) in [5.41, 5.74) is 5.08. The van der Waals surface area contributed by atoms with Crippen LogP contribution in [0.1, 0.15) is 43.1 Å². The molecule has 0 saturated carbocycles. The molecule has 2 bridgehead atoms. The van der Waals surface area contributed by atoms with Gasteiger partial charge in [-0.2, -0.15) is 0 Å². The third kappa shape index (κ3) is 3.94. The zero-order chi connectivity index (χ0) is 21.8. The van der Waals surface area contributed by atoms with Gasteiger partial charge < -0.3 is 9.88 Å². The number of pyridine rings is 1. The van der Waals surface area contributed by atoms with Gasteiger partial charge in [-0.3, -0.25) is 14.6 Å². The molecular formula is C26H32ClN5O. The van der Waals surface area contributed by atoms with Crippen LogP contribution in [0.3, 0.4) is 0 Å². The number of halogens is 1. The molecule has 2 fully saturated rings. The molecule has 2 saturated heterocycles. The molecule has 7 heteroatoms. The van der Waals surface area contributed by atoms with Crippen LogP contribution >= 0.6 is 11.6 Å². The lowest BCUT2D eigenvalue weighted by Crippen LogP contribution is -2.51. The molecule has 0 radical (unpaired) electrons. The van der Waals surface area contributed by atoms with Crippen molar-refractivity contribution >= 4 is 34.4 Å². The average Bonchev–Trinajstić information content (AvgIpc) is 3.31. The van der Waals surface area contributed by atoms with Crippen LogP contribution in [0, 0.1) is 0 Å². The highest BCUT2D eigenvalue weighted by atomic mass is 35.5. The normalized spacial score (nSPS) is 22.5. The fourth-order valence-electron chi connectivity index (χ4n) is 5.69. The van der Waals surface area contributed by atoms with Crippen LogP contribution in [0.5, 0.6) is 0 Å². The molecule has 33 heavy (non-hydrogen) atoms. The number of rotatable bonds is 4. The molecule has 1 amide bonds. The van der Waals surface area contributed by atoms with Gasteiger partial charge in [0, 0.05) is 61.3 Å². The SMILES string of the molecule is C.Cn1c2c(c3ccc(N4CCN(CCc5ccc(Cl)cc5)CC4=O)nc31)C1CCC(C2)N1. The van der Waals surface area contributed by atoms with E-state index >= 15 is 0 Å². The minimum atomic E-state index is 0. The monoisotopic (exact) mass is 465 g/mol. The summed E-state index contributed by atoms with van der Waals surface area (Å²) in [5.74, 6) is 0.898. The van der Waals surface area contributed by atoms with Gasteiger partial charge in [0.25, 0.3) is 0 Å². The summed E-state index contributed by atoms with van der Waals surface area (Å²) in [6.45, 7) is 2.84. The van der Waals surface area contributed by atoms with Gasteiger partial charge in [-0.25, -0.2) is 4.98 Å². The lowest BCUT2D eigenvalue weighted by Gasteiger charge is -2.33. The van der Waals surface area contributed by atoms with E-state index in [2.05, 4.69) is 40.0 Å². The van der Waals surface area contributed by atoms with E-state index in [4.69, 9.17) is 16.6 Å². The third-order valence-electron chi connectivity index (χ3n) is 7.42. The maximum absolute atomic E-state index is 13.0. The Morgan fingerprint density at radius 1 is 1.12 bits per heavy atom. The number of nitrogens with one attached hydrogen (secondary N) is 1. The van der Waals surface area contributed by atoms with Crippen LogP contribution < -0.4 is 10.2 Å². The standard InChI is InChI=1S/C25H28ClN5O.CH4/c1-29-21-14-18-6-8-20(27-18)24(21)19-7-9-22(28-25(19)29)31-13-12-30(15-23(31)32)11-10-16-2-4-17(26)5-3-16;/h2-5,7,9,18,20,27H,6,8,10-15H2,1H3;1H4. The number of anilines is 1. The first-order valence-corrected chi connectivity index (χ1v) is 12.0. The van der Waals surface area contributed by atoms with Crippen LogP contribution in [0.15, 0.2) is 36.4 Å². The fraction of sp³-hybridized carbons (Fsp3) is 0.462. The van der Waals surface area contributed by atoms with Crippen molar-refractivity contribution in [3.05, 3.63) is 58.2 Å². The fourth-order valence-corrected chi connectivity index (χ4v) is 5.81. The largest absolute Gasteiger partial charge is 0.332 e. The molecule has 3 aliphatic heterocycles. The molecule has 0 aliphatic carbocycles. The van der Waals surface area contributed by atoms with Crippen molar-refractivity contribution < 1.29 is 4.79 Å². The predicted molar refractivity (Wildman–Crippen MR) is 134 cm³/mol. The number of aromatic nitrogens is 2. The van der Waals surface area contributed by atoms with Crippen molar-refractivity contribution in [2.24, 2.45) is 7.05 Å². The summed E-state index contributed by atoms with van der Waals surface area (Å²) in [4.78, 5) is 22.1. The smallest absolute Gasteiger partial charge is 0.242 e. The minimum Gasteiger partial charge on any atom is -0.332 e. The number of benzene rings is 1. The Morgan fingerprint density at radius 2 is 1.94 bits per heavy atom. The lowest BCUT2D eigenvalue weighted by molar-refractivity contribution is -0.121. The average molecular weight is 466 g/mol. The first-order chi connectivity index (χ1) is 15.6. The molecule has 0 spiro atoms. The van der Waals surface area contributed by atoms with Crippen LogP contribution in [0.4, 0.5) is 5.82 Å². The highest BCUT2D eigenvalue weighted by Crippen LogP contribution is 2.41. The summed E-state index contributed by atoms with van der Waals surface area (Å²) in [5, 5.41) is 5.74. The van der Waals surface area contributed by atoms with E-state index in [0.717, 1.165) is 42.4 Å². The van der Waals surface area contributed by atoms with Crippen molar-refractivity contribution in [2.75, 3.05) is 31.1 Å². The quantitative estimate of drug-likeness (QED) is 0.630. The van der Waals surface area contributed by atoms with E-state index in [-0.39, 0.29) is 13.3 Å². The Labute approximate surface area is 200 Å². The number of aryl methyl sites for hydroxylation is 1. The number of fused-ring (bicyclic) bond motifs is 6. The molecule has 1 aromatic carbocycles. The van der Waals surface area contributed by atoms with Gasteiger partial charge in [0.05, 0.1) is 6.54 Å². The summed E-state index contributed by atoms with van der Waals surface area (Å²) in [7, 11) is 2.12. The Balaban J connectivity index is 0.00000228. The predicted octanol–water partition coefficient (Wildman–Crippen LogP) is 4.10. The second kappa shape index (κ2) is 8.75. The van der Waals surface area contributed by atoms with Gasteiger partial charge in [0.1, 0.15) is 11.5 Å². The number of amides is 1. The molecule has 2 atom stereocenters. The van der Waals surface area contributed by atoms with Crippen LogP contribution in [0.2, 0.25) is 5.02 Å². The van der Waals surface area contributed by atoms with Gasteiger partial charge in [0.2, 0.25) is 5.91 Å². The second-order valence-corrected chi connectivity index (χ2v) is 9.79. The van der Waals surface area contributed by atoms with Crippen molar-refractivity contribution in [1.82, 2.24) is 19.8 Å². The number of piperazine rings is 1. The number of carbonyl (C=O) groups is 1. The molecule has 1 N–H and O–H groups in total. The highest BCUT2D eigenvalue weighted by molar-refractivity contribution is 6.30. The van der Waals surface area contributed by atoms with E-state index in [1.54, 1.807) is 0 Å². The molecule has 3 aromatic rings. The van der Waals surface area contributed by atoms with Gasteiger partial charge in [-0.05, 0) is 54.7 Å². The number of nitrogens with zero attached hydrogens (tertiary/aromatic N) is 4. The Kier molecular flexibility index (Phi) is 5.93. The summed E-state index contributed by atoms with van der Waals surface area (Å²) in [6.07, 6.45) is 4.44. The number of carbonyl (C=O) groups excluding carboxylic acids is 1. The summed E-state index contributed by atoms with van der Waals surface area (Å²) >= 11 is 5.97. The molecule has 5 heterocycles. The molecule has 2 aromatic heterocycles. The highest BCUT2D eigenvalue weighted by Gasteiger charge is 2.36. The molecule has 6 nitrogen and oxygen atoms in total. The third-order valence-corrected chi connectivity index (χ3v) is 7.67. The van der Waals surface area contributed by atoms with E-state index < -0.39 is 0 Å². The van der Waals surface area contributed by atoms with Gasteiger partial charge >= 0.3 is 0 Å². The van der Waals surface area contributed by atoms with Crippen LogP contribution in [-0.4, -0.2) is 52.6 Å². The Hall–Kier alpha value is -2.41. The van der Waals surface area contributed by atoms with Crippen LogP contribution in [0.25, 0.3) is 11.0 Å². The van der Waals surface area contributed by atoms with Crippen LogP contribution in [-0.2, 0) is 24.7 Å². The lowest BCUT2D eigenvalue weighted by atomic mass is 10.00. The van der Waals surface area contributed by atoms with Gasteiger partial charge in [0.15, 0.2) is 0 Å². The Bertz CT molecular complexity index is 1190. The van der Waals surface area contributed by atoms with Crippen molar-refractivity contribution in [3.8, 4) is 0 Å². The van der Waals surface area contributed by atoms with Crippen molar-refractivity contribution in [2.45, 2.75) is 45.2 Å². The van der Waals surface area contributed by atoms with E-state index in [9.17, 15) is 4.79 Å². The van der Waals surface area contributed by atoms with E-state index in [1.165, 1.54) is 35.0 Å². The maximum Gasteiger partial charge on any atom is 0.242 e. The van der Waals surface area contributed by atoms with E-state index in [1.807, 2.05) is 23.1 Å². The van der Waals surface area contributed by atoms with Gasteiger partial charge in [-0.15, -0.1) is 0 Å². The van der Waals surface area contributed by atoms with Gasteiger partial charge in [-0.1, -0.05) is 31.2 Å². The summed E-state index contributed by atoms with van der Waals surface area (Å²) < 4.78 is 2.26. The maximum atomic E-state index is 13.0. The van der Waals surface area contributed by atoms with Crippen molar-refractivity contribution in [3.63, 3.8) is 0 Å². The second-order valence-electron chi connectivity index (χ2n) is 9.36. The molecule has 3 aliphatic rings. The molecule has 6 rings (SSSR count). The number of hydrogen-bond acceptors (Lipinski definition) is 4. The topological polar surface area (TPSA) is 53.4 Å². The molecular weight excluding hydrogens is 434 g/mol. The molecule has 2 unspecified atom stereocenters.